The minimum Gasteiger partial charge on any atom is -0.278 e. The fourth-order valence-corrected chi connectivity index (χ4v) is 1.35. The maximum atomic E-state index is 8.73. The average molecular weight is 175 g/mol. The lowest BCUT2D eigenvalue weighted by Crippen LogP contribution is -1.83. The fraction of sp³-hybridized carbons (Fsp3) is 0. The fourth-order valence-electron chi connectivity index (χ4n) is 1.12. The van der Waals surface area contributed by atoms with E-state index in [2.05, 4.69) is 23.9 Å². The van der Waals surface area contributed by atoms with Gasteiger partial charge in [0.05, 0.1) is 11.6 Å². The summed E-state index contributed by atoms with van der Waals surface area (Å²) in [6.45, 7) is 0. The Morgan fingerprint density at radius 2 is 2.33 bits per heavy atom. The van der Waals surface area contributed by atoms with E-state index >= 15 is 0 Å². The second-order valence-corrected chi connectivity index (χ2v) is 2.80. The SMILES string of the molecule is N#Cc1ccnc2c1ccn2S. The quantitative estimate of drug-likeness (QED) is 0.618. The Labute approximate surface area is 74.8 Å². The van der Waals surface area contributed by atoms with Crippen LogP contribution in [0.3, 0.4) is 0 Å². The van der Waals surface area contributed by atoms with Crippen LogP contribution in [0.2, 0.25) is 0 Å². The third-order valence-corrected chi connectivity index (χ3v) is 2.01. The van der Waals surface area contributed by atoms with Crippen LogP contribution in [0.4, 0.5) is 0 Å². The molecule has 4 heteroatoms. The second-order valence-electron chi connectivity index (χ2n) is 2.37. The summed E-state index contributed by atoms with van der Waals surface area (Å²) in [5.74, 6) is 0. The van der Waals surface area contributed by atoms with Gasteiger partial charge in [-0.2, -0.15) is 5.26 Å². The maximum Gasteiger partial charge on any atom is 0.151 e. The van der Waals surface area contributed by atoms with Crippen molar-refractivity contribution in [1.82, 2.24) is 8.96 Å². The number of thiol groups is 1. The molecule has 0 aliphatic rings. The number of rotatable bonds is 0. The third-order valence-electron chi connectivity index (χ3n) is 1.69. The van der Waals surface area contributed by atoms with E-state index in [0.29, 0.717) is 5.56 Å². The first-order valence-electron chi connectivity index (χ1n) is 3.38. The molecule has 0 aliphatic carbocycles. The van der Waals surface area contributed by atoms with Gasteiger partial charge in [-0.1, -0.05) is 12.8 Å². The van der Waals surface area contributed by atoms with Gasteiger partial charge in [-0.3, -0.25) is 3.97 Å². The Morgan fingerprint density at radius 1 is 1.50 bits per heavy atom. The predicted octanol–water partition coefficient (Wildman–Crippen LogP) is 1.60. The molecule has 2 heterocycles. The van der Waals surface area contributed by atoms with Crippen molar-refractivity contribution in [3.8, 4) is 6.07 Å². The summed E-state index contributed by atoms with van der Waals surface area (Å²) in [5.41, 5.74) is 1.35. The summed E-state index contributed by atoms with van der Waals surface area (Å²) in [6.07, 6.45) is 3.37. The lowest BCUT2D eigenvalue weighted by atomic mass is 10.2. The number of nitrogens with zero attached hydrogens (tertiary/aromatic N) is 3. The van der Waals surface area contributed by atoms with Crippen molar-refractivity contribution in [1.29, 1.82) is 5.26 Å². The summed E-state index contributed by atoms with van der Waals surface area (Å²) in [7, 11) is 0. The van der Waals surface area contributed by atoms with Crippen LogP contribution >= 0.6 is 12.8 Å². The van der Waals surface area contributed by atoms with E-state index in [1.165, 1.54) is 0 Å². The van der Waals surface area contributed by atoms with Gasteiger partial charge >= 0.3 is 0 Å². The molecule has 0 unspecified atom stereocenters. The molecular weight excluding hydrogens is 170 g/mol. The molecule has 0 saturated heterocycles. The van der Waals surface area contributed by atoms with E-state index in [1.54, 1.807) is 22.4 Å². The number of pyridine rings is 1. The first-order valence-corrected chi connectivity index (χ1v) is 3.78. The van der Waals surface area contributed by atoms with Gasteiger partial charge in [0.1, 0.15) is 0 Å². The Morgan fingerprint density at radius 3 is 3.08 bits per heavy atom. The summed E-state index contributed by atoms with van der Waals surface area (Å²) in [6, 6.07) is 5.61. The van der Waals surface area contributed by atoms with E-state index in [9.17, 15) is 0 Å². The lowest BCUT2D eigenvalue weighted by Gasteiger charge is -1.93. The number of hydrogen-bond acceptors (Lipinski definition) is 3. The summed E-state index contributed by atoms with van der Waals surface area (Å²) < 4.78 is 1.59. The molecule has 0 saturated carbocycles. The van der Waals surface area contributed by atoms with Crippen molar-refractivity contribution >= 4 is 23.8 Å². The average Bonchev–Trinajstić information content (AvgIpc) is 2.48. The van der Waals surface area contributed by atoms with E-state index in [1.807, 2.05) is 6.07 Å². The van der Waals surface area contributed by atoms with Crippen molar-refractivity contribution < 1.29 is 0 Å². The predicted molar refractivity (Wildman–Crippen MR) is 48.8 cm³/mol. The largest absolute Gasteiger partial charge is 0.278 e. The Hall–Kier alpha value is -1.47. The highest BCUT2D eigenvalue weighted by atomic mass is 32.1. The van der Waals surface area contributed by atoms with Crippen LogP contribution in [0.25, 0.3) is 11.0 Å². The van der Waals surface area contributed by atoms with Crippen LogP contribution in [0.5, 0.6) is 0 Å². The van der Waals surface area contributed by atoms with E-state index in [0.717, 1.165) is 11.0 Å². The molecule has 2 rings (SSSR count). The van der Waals surface area contributed by atoms with Crippen molar-refractivity contribution in [3.63, 3.8) is 0 Å². The van der Waals surface area contributed by atoms with Crippen molar-refractivity contribution in [2.24, 2.45) is 0 Å². The Kier molecular flexibility index (Phi) is 1.52. The zero-order valence-corrected chi connectivity index (χ0v) is 6.99. The number of hydrogen-bond donors (Lipinski definition) is 1. The van der Waals surface area contributed by atoms with Gasteiger partial charge < -0.3 is 0 Å². The molecule has 0 aliphatic heterocycles. The van der Waals surface area contributed by atoms with Gasteiger partial charge in [-0.15, -0.1) is 0 Å². The Balaban J connectivity index is 2.92. The number of aromatic nitrogens is 2. The first-order chi connectivity index (χ1) is 5.83. The molecule has 0 bridgehead atoms. The monoisotopic (exact) mass is 175 g/mol. The van der Waals surface area contributed by atoms with Gasteiger partial charge in [0.25, 0.3) is 0 Å². The van der Waals surface area contributed by atoms with E-state index in [4.69, 9.17) is 5.26 Å². The highest BCUT2D eigenvalue weighted by molar-refractivity contribution is 7.78. The summed E-state index contributed by atoms with van der Waals surface area (Å²) in [4.78, 5) is 4.08. The zero-order valence-electron chi connectivity index (χ0n) is 6.10. The minimum absolute atomic E-state index is 0.632. The van der Waals surface area contributed by atoms with E-state index < -0.39 is 0 Å². The molecule has 0 atom stereocenters. The highest BCUT2D eigenvalue weighted by Crippen LogP contribution is 2.17. The molecule has 0 amide bonds. The van der Waals surface area contributed by atoms with Gasteiger partial charge in [-0.05, 0) is 12.1 Å². The Bertz CT molecular complexity index is 467. The van der Waals surface area contributed by atoms with Crippen LogP contribution in [0.15, 0.2) is 24.5 Å². The van der Waals surface area contributed by atoms with Crippen LogP contribution < -0.4 is 0 Å². The summed E-state index contributed by atoms with van der Waals surface area (Å²) in [5, 5.41) is 9.58. The highest BCUT2D eigenvalue weighted by Gasteiger charge is 2.03. The van der Waals surface area contributed by atoms with Crippen molar-refractivity contribution in [2.75, 3.05) is 0 Å². The van der Waals surface area contributed by atoms with Crippen LogP contribution in [0, 0.1) is 11.3 Å². The lowest BCUT2D eigenvalue weighted by molar-refractivity contribution is 1.27. The van der Waals surface area contributed by atoms with Crippen LogP contribution in [-0.4, -0.2) is 8.96 Å². The molecule has 0 spiro atoms. The number of nitriles is 1. The topological polar surface area (TPSA) is 41.6 Å². The van der Waals surface area contributed by atoms with Gasteiger partial charge in [0.15, 0.2) is 5.65 Å². The van der Waals surface area contributed by atoms with Crippen LogP contribution in [-0.2, 0) is 0 Å². The molecule has 0 radical (unpaired) electrons. The maximum absolute atomic E-state index is 8.73. The molecule has 0 aromatic carbocycles. The van der Waals surface area contributed by atoms with Gasteiger partial charge in [0, 0.05) is 17.8 Å². The minimum atomic E-state index is 0.632. The second kappa shape index (κ2) is 2.54. The van der Waals surface area contributed by atoms with Gasteiger partial charge in [0.2, 0.25) is 0 Å². The first kappa shape index (κ1) is 7.19. The van der Waals surface area contributed by atoms with Gasteiger partial charge in [-0.25, -0.2) is 4.98 Å². The molecule has 0 fully saturated rings. The molecule has 0 N–H and O–H groups in total. The third kappa shape index (κ3) is 0.874. The standard InChI is InChI=1S/C8H5N3S/c9-5-6-1-3-10-8-7(6)2-4-11(8)12/h1-4,12H. The number of fused-ring (bicyclic) bond motifs is 1. The molecule has 2 aromatic heterocycles. The van der Waals surface area contributed by atoms with Crippen molar-refractivity contribution in [3.05, 3.63) is 30.1 Å². The molecule has 58 valence electrons. The van der Waals surface area contributed by atoms with Crippen LogP contribution in [0.1, 0.15) is 5.56 Å². The molecular formula is C8H5N3S. The summed E-state index contributed by atoms with van der Waals surface area (Å²) >= 11 is 4.13. The van der Waals surface area contributed by atoms with Crippen molar-refractivity contribution in [2.45, 2.75) is 0 Å². The smallest absolute Gasteiger partial charge is 0.151 e. The molecule has 2 aromatic rings. The normalized spacial score (nSPS) is 10.0. The molecule has 3 nitrogen and oxygen atoms in total. The zero-order chi connectivity index (χ0) is 8.55. The van der Waals surface area contributed by atoms with E-state index in [-0.39, 0.29) is 0 Å². The molecule has 12 heavy (non-hydrogen) atoms.